The smallest absolute Gasteiger partial charge is 0.148 e. The highest BCUT2D eigenvalue weighted by Gasteiger charge is 2.04. The molecule has 2 rings (SSSR count). The summed E-state index contributed by atoms with van der Waals surface area (Å²) in [5.41, 5.74) is 8.57. The van der Waals surface area contributed by atoms with Gasteiger partial charge in [0, 0.05) is 5.69 Å². The first-order valence-electron chi connectivity index (χ1n) is 5.18. The van der Waals surface area contributed by atoms with E-state index >= 15 is 0 Å². The Morgan fingerprint density at radius 2 is 2.00 bits per heavy atom. The van der Waals surface area contributed by atoms with E-state index in [1.165, 1.54) is 11.8 Å². The molecule has 0 saturated carbocycles. The Morgan fingerprint density at radius 3 is 2.65 bits per heavy atom. The number of nitrogens with two attached hydrogens (primary N) is 1. The van der Waals surface area contributed by atoms with Gasteiger partial charge in [-0.3, -0.25) is 0 Å². The largest absolute Gasteiger partial charge is 0.397 e. The third-order valence-corrected chi connectivity index (χ3v) is 2.34. The molecule has 0 bridgehead atoms. The predicted octanol–water partition coefficient (Wildman–Crippen LogP) is 2.59. The molecule has 0 unspecified atom stereocenters. The first-order valence-corrected chi connectivity index (χ1v) is 5.18. The number of anilines is 3. The normalized spacial score (nSPS) is 9.65. The van der Waals surface area contributed by atoms with Crippen LogP contribution >= 0.6 is 0 Å². The minimum absolute atomic E-state index is 0.436. The summed E-state index contributed by atoms with van der Waals surface area (Å²) >= 11 is 0. The van der Waals surface area contributed by atoms with Crippen molar-refractivity contribution in [3.63, 3.8) is 0 Å². The third-order valence-electron chi connectivity index (χ3n) is 2.34. The van der Waals surface area contributed by atoms with Gasteiger partial charge in [0.15, 0.2) is 0 Å². The van der Waals surface area contributed by atoms with Gasteiger partial charge in [0.05, 0.1) is 17.4 Å². The first kappa shape index (κ1) is 11.0. The fourth-order valence-electron chi connectivity index (χ4n) is 1.44. The van der Waals surface area contributed by atoms with Gasteiger partial charge in [0.1, 0.15) is 11.9 Å². The number of aryl methyl sites for hydroxylation is 1. The van der Waals surface area contributed by atoms with Crippen LogP contribution in [-0.2, 0) is 0 Å². The topological polar surface area (TPSA) is 74.7 Å². The van der Waals surface area contributed by atoms with E-state index in [2.05, 4.69) is 16.4 Å². The SMILES string of the molecule is Cc1ccc(Nc2ncc(N)cc2C#N)cc1. The molecule has 0 spiro atoms. The van der Waals surface area contributed by atoms with Crippen molar-refractivity contribution in [3.8, 4) is 6.07 Å². The lowest BCUT2D eigenvalue weighted by molar-refractivity contribution is 1.29. The molecule has 4 nitrogen and oxygen atoms in total. The lowest BCUT2D eigenvalue weighted by Gasteiger charge is -2.07. The molecule has 1 aromatic carbocycles. The molecule has 0 aliphatic heterocycles. The molecular weight excluding hydrogens is 212 g/mol. The van der Waals surface area contributed by atoms with E-state index in [1.54, 1.807) is 6.07 Å². The van der Waals surface area contributed by atoms with Gasteiger partial charge in [-0.2, -0.15) is 5.26 Å². The summed E-state index contributed by atoms with van der Waals surface area (Å²) in [6.45, 7) is 2.02. The number of benzene rings is 1. The van der Waals surface area contributed by atoms with Crippen LogP contribution in [0.1, 0.15) is 11.1 Å². The zero-order chi connectivity index (χ0) is 12.3. The third kappa shape index (κ3) is 2.52. The Hall–Kier alpha value is -2.54. The number of hydrogen-bond acceptors (Lipinski definition) is 4. The van der Waals surface area contributed by atoms with Crippen LogP contribution in [0.5, 0.6) is 0 Å². The predicted molar refractivity (Wildman–Crippen MR) is 67.8 cm³/mol. The van der Waals surface area contributed by atoms with E-state index in [0.717, 1.165) is 5.69 Å². The minimum atomic E-state index is 0.436. The molecule has 17 heavy (non-hydrogen) atoms. The fraction of sp³-hybridized carbons (Fsp3) is 0.0769. The van der Waals surface area contributed by atoms with E-state index < -0.39 is 0 Å². The lowest BCUT2D eigenvalue weighted by atomic mass is 10.2. The molecule has 0 atom stereocenters. The van der Waals surface area contributed by atoms with Crippen LogP contribution in [0, 0.1) is 18.3 Å². The quantitative estimate of drug-likeness (QED) is 0.822. The number of nitrogens with zero attached hydrogens (tertiary/aromatic N) is 2. The molecule has 84 valence electrons. The van der Waals surface area contributed by atoms with E-state index in [9.17, 15) is 0 Å². The summed E-state index contributed by atoms with van der Waals surface area (Å²) in [4.78, 5) is 4.11. The summed E-state index contributed by atoms with van der Waals surface area (Å²) in [7, 11) is 0. The highest BCUT2D eigenvalue weighted by Crippen LogP contribution is 2.19. The van der Waals surface area contributed by atoms with Crippen LogP contribution in [-0.4, -0.2) is 4.98 Å². The van der Waals surface area contributed by atoms with Crippen LogP contribution in [0.3, 0.4) is 0 Å². The second-order valence-electron chi connectivity index (χ2n) is 3.77. The van der Waals surface area contributed by atoms with Gasteiger partial charge in [-0.1, -0.05) is 17.7 Å². The average molecular weight is 224 g/mol. The van der Waals surface area contributed by atoms with Gasteiger partial charge < -0.3 is 11.1 Å². The lowest BCUT2D eigenvalue weighted by Crippen LogP contribution is -1.98. The van der Waals surface area contributed by atoms with Crippen LogP contribution < -0.4 is 11.1 Å². The van der Waals surface area contributed by atoms with Crippen LogP contribution in [0.4, 0.5) is 17.2 Å². The number of aromatic nitrogens is 1. The van der Waals surface area contributed by atoms with Crippen molar-refractivity contribution in [1.82, 2.24) is 4.98 Å². The van der Waals surface area contributed by atoms with Gasteiger partial charge in [0.2, 0.25) is 0 Å². The van der Waals surface area contributed by atoms with E-state index in [1.807, 2.05) is 31.2 Å². The Bertz CT molecular complexity index is 567. The molecule has 0 amide bonds. The van der Waals surface area contributed by atoms with Crippen molar-refractivity contribution in [1.29, 1.82) is 5.26 Å². The summed E-state index contributed by atoms with van der Waals surface area (Å²) in [5, 5.41) is 12.1. The van der Waals surface area contributed by atoms with Crippen molar-refractivity contribution in [2.24, 2.45) is 0 Å². The monoisotopic (exact) mass is 224 g/mol. The second kappa shape index (κ2) is 4.54. The van der Waals surface area contributed by atoms with Gasteiger partial charge in [-0.25, -0.2) is 4.98 Å². The van der Waals surface area contributed by atoms with Crippen molar-refractivity contribution < 1.29 is 0 Å². The van der Waals surface area contributed by atoms with Crippen molar-refractivity contribution in [2.45, 2.75) is 6.92 Å². The minimum Gasteiger partial charge on any atom is -0.397 e. The summed E-state index contributed by atoms with van der Waals surface area (Å²) in [5.74, 6) is 0.519. The molecule has 0 aliphatic carbocycles. The number of hydrogen-bond donors (Lipinski definition) is 2. The van der Waals surface area contributed by atoms with E-state index in [0.29, 0.717) is 17.1 Å². The summed E-state index contributed by atoms with van der Waals surface area (Å²) < 4.78 is 0. The van der Waals surface area contributed by atoms with Gasteiger partial charge in [-0.15, -0.1) is 0 Å². The van der Waals surface area contributed by atoms with Crippen molar-refractivity contribution in [2.75, 3.05) is 11.1 Å². The maximum absolute atomic E-state index is 8.98. The summed E-state index contributed by atoms with van der Waals surface area (Å²) in [6, 6.07) is 11.5. The maximum atomic E-state index is 8.98. The number of pyridine rings is 1. The molecule has 0 aliphatic rings. The van der Waals surface area contributed by atoms with Crippen LogP contribution in [0.15, 0.2) is 36.5 Å². The molecule has 0 saturated heterocycles. The van der Waals surface area contributed by atoms with Gasteiger partial charge in [0.25, 0.3) is 0 Å². The Balaban J connectivity index is 2.30. The van der Waals surface area contributed by atoms with E-state index in [4.69, 9.17) is 11.0 Å². The number of nitriles is 1. The van der Waals surface area contributed by atoms with E-state index in [-0.39, 0.29) is 0 Å². The number of nitrogen functional groups attached to an aromatic ring is 1. The fourth-order valence-corrected chi connectivity index (χ4v) is 1.44. The average Bonchev–Trinajstić information content (AvgIpc) is 2.34. The summed E-state index contributed by atoms with van der Waals surface area (Å²) in [6.07, 6.45) is 1.53. The Labute approximate surface area is 99.7 Å². The Kier molecular flexibility index (Phi) is 2.93. The van der Waals surface area contributed by atoms with Gasteiger partial charge >= 0.3 is 0 Å². The van der Waals surface area contributed by atoms with Crippen LogP contribution in [0.2, 0.25) is 0 Å². The molecular formula is C13H12N4. The second-order valence-corrected chi connectivity index (χ2v) is 3.77. The zero-order valence-corrected chi connectivity index (χ0v) is 9.44. The maximum Gasteiger partial charge on any atom is 0.148 e. The van der Waals surface area contributed by atoms with Crippen molar-refractivity contribution in [3.05, 3.63) is 47.7 Å². The zero-order valence-electron chi connectivity index (χ0n) is 9.44. The first-order chi connectivity index (χ1) is 8.19. The van der Waals surface area contributed by atoms with Crippen LogP contribution in [0.25, 0.3) is 0 Å². The Morgan fingerprint density at radius 1 is 1.29 bits per heavy atom. The molecule has 1 heterocycles. The molecule has 3 N–H and O–H groups in total. The molecule has 0 radical (unpaired) electrons. The van der Waals surface area contributed by atoms with Gasteiger partial charge in [-0.05, 0) is 25.1 Å². The highest BCUT2D eigenvalue weighted by molar-refractivity contribution is 5.65. The number of rotatable bonds is 2. The molecule has 1 aromatic heterocycles. The van der Waals surface area contributed by atoms with Crippen molar-refractivity contribution >= 4 is 17.2 Å². The molecule has 0 fully saturated rings. The molecule has 2 aromatic rings. The number of nitrogens with one attached hydrogen (secondary N) is 1. The standard InChI is InChI=1S/C13H12N4/c1-9-2-4-12(5-3-9)17-13-10(7-14)6-11(15)8-16-13/h2-6,8H,15H2,1H3,(H,16,17). The molecule has 4 heteroatoms. The highest BCUT2D eigenvalue weighted by atomic mass is 15.0.